The number of rotatable bonds is 9. The maximum atomic E-state index is 12.1. The van der Waals surface area contributed by atoms with E-state index in [1.807, 2.05) is 43.3 Å². The van der Waals surface area contributed by atoms with Crippen molar-refractivity contribution in [2.75, 3.05) is 21.3 Å². The lowest BCUT2D eigenvalue weighted by Gasteiger charge is -2.25. The van der Waals surface area contributed by atoms with Crippen LogP contribution in [-0.2, 0) is 20.7 Å². The van der Waals surface area contributed by atoms with Gasteiger partial charge in [-0.1, -0.05) is 23.7 Å². The Morgan fingerprint density at radius 2 is 1.93 bits per heavy atom. The summed E-state index contributed by atoms with van der Waals surface area (Å²) in [6.07, 6.45) is 4.23. The molecule has 0 bridgehead atoms. The molecule has 1 fully saturated rings. The molecule has 0 amide bonds. The molecule has 214 valence electrons. The Bertz CT molecular complexity index is 1580. The van der Waals surface area contributed by atoms with Crippen molar-refractivity contribution >= 4 is 28.9 Å². The number of hydrogen-bond acceptors (Lipinski definition) is 9. The molecule has 6 rings (SSSR count). The van der Waals surface area contributed by atoms with Gasteiger partial charge in [-0.2, -0.15) is 0 Å². The normalized spacial score (nSPS) is 18.7. The third-order valence-electron chi connectivity index (χ3n) is 7.65. The lowest BCUT2D eigenvalue weighted by Crippen LogP contribution is -2.13. The van der Waals surface area contributed by atoms with Crippen molar-refractivity contribution < 1.29 is 23.7 Å². The fourth-order valence-electron chi connectivity index (χ4n) is 5.35. The van der Waals surface area contributed by atoms with E-state index in [2.05, 4.69) is 19.7 Å². The Morgan fingerprint density at radius 1 is 1.12 bits per heavy atom. The molecule has 1 aliphatic heterocycles. The number of esters is 1. The van der Waals surface area contributed by atoms with E-state index in [1.54, 1.807) is 20.4 Å². The van der Waals surface area contributed by atoms with Gasteiger partial charge in [0.25, 0.3) is 0 Å². The number of ether oxygens (including phenoxy) is 4. The largest absolute Gasteiger partial charge is 0.493 e. The number of carbonyl (C=O) groups is 1. The van der Waals surface area contributed by atoms with E-state index < -0.39 is 12.2 Å². The zero-order chi connectivity index (χ0) is 28.7. The average Bonchev–Trinajstić information content (AvgIpc) is 3.60. The van der Waals surface area contributed by atoms with Crippen LogP contribution in [0.1, 0.15) is 82.9 Å². The SMILES string of the molecule is COC(=O)C(C)c1cnc(CC[C@@H]2O[C@@H](c3cccc(OC)c3OC)c3cc(Cl)ccc3-n3c(C4CC4)nnc32)s1. The minimum Gasteiger partial charge on any atom is -0.493 e. The first-order chi connectivity index (χ1) is 19.9. The smallest absolute Gasteiger partial charge is 0.313 e. The maximum Gasteiger partial charge on any atom is 0.313 e. The van der Waals surface area contributed by atoms with Crippen LogP contribution in [0.2, 0.25) is 5.02 Å². The molecule has 0 radical (unpaired) electrons. The summed E-state index contributed by atoms with van der Waals surface area (Å²) >= 11 is 8.09. The van der Waals surface area contributed by atoms with Crippen molar-refractivity contribution in [1.29, 1.82) is 0 Å². The third kappa shape index (κ3) is 5.20. The third-order valence-corrected chi connectivity index (χ3v) is 9.12. The number of nitrogens with zero attached hydrogens (tertiary/aromatic N) is 4. The molecule has 3 atom stereocenters. The highest BCUT2D eigenvalue weighted by atomic mass is 35.5. The summed E-state index contributed by atoms with van der Waals surface area (Å²) in [5, 5.41) is 10.8. The highest BCUT2D eigenvalue weighted by molar-refractivity contribution is 7.11. The molecular weight excluding hydrogens is 564 g/mol. The molecule has 2 aliphatic rings. The topological polar surface area (TPSA) is 97.6 Å². The number of carbonyl (C=O) groups excluding carboxylic acids is 1. The fraction of sp³-hybridized carbons (Fsp3) is 0.400. The number of fused-ring (bicyclic) bond motifs is 3. The van der Waals surface area contributed by atoms with Crippen LogP contribution in [0.25, 0.3) is 5.69 Å². The van der Waals surface area contributed by atoms with Crippen molar-refractivity contribution in [1.82, 2.24) is 19.7 Å². The average molecular weight is 595 g/mol. The van der Waals surface area contributed by atoms with Crippen molar-refractivity contribution in [2.45, 2.75) is 56.7 Å². The monoisotopic (exact) mass is 594 g/mol. The van der Waals surface area contributed by atoms with Gasteiger partial charge in [0.15, 0.2) is 17.3 Å². The summed E-state index contributed by atoms with van der Waals surface area (Å²) in [5.41, 5.74) is 2.67. The summed E-state index contributed by atoms with van der Waals surface area (Å²) < 4.78 is 25.5. The van der Waals surface area contributed by atoms with Gasteiger partial charge in [0.2, 0.25) is 0 Å². The quantitative estimate of drug-likeness (QED) is 0.207. The molecule has 0 spiro atoms. The number of aryl methyl sites for hydroxylation is 1. The van der Waals surface area contributed by atoms with E-state index in [9.17, 15) is 4.79 Å². The summed E-state index contributed by atoms with van der Waals surface area (Å²) in [5.74, 6) is 2.63. The molecule has 2 aromatic carbocycles. The molecule has 0 N–H and O–H groups in total. The van der Waals surface area contributed by atoms with Crippen molar-refractivity contribution in [3.05, 3.63) is 80.3 Å². The van der Waals surface area contributed by atoms with Crippen LogP contribution in [0.5, 0.6) is 11.5 Å². The van der Waals surface area contributed by atoms with E-state index >= 15 is 0 Å². The number of thiazole rings is 1. The van der Waals surface area contributed by atoms with Gasteiger partial charge in [-0.3, -0.25) is 9.36 Å². The Balaban J connectivity index is 1.42. The Kier molecular flexibility index (Phi) is 7.72. The van der Waals surface area contributed by atoms with Gasteiger partial charge in [-0.25, -0.2) is 4.98 Å². The molecule has 11 heteroatoms. The molecule has 3 heterocycles. The molecule has 0 saturated heterocycles. The standard InChI is InChI=1S/C30H31ClN4O5S/c1-16(30(36)39-4)24-15-32-25(41-24)13-12-23-29-34-33-28(17-8-9-17)35(29)21-11-10-18(31)14-20(21)26(40-23)19-6-5-7-22(37-2)27(19)38-3/h5-7,10-11,14-17,23,26H,8-9,12-13H2,1-4H3/t16?,23-,26-/m0/s1. The lowest BCUT2D eigenvalue weighted by atomic mass is 9.98. The zero-order valence-corrected chi connectivity index (χ0v) is 24.9. The van der Waals surface area contributed by atoms with Gasteiger partial charge < -0.3 is 18.9 Å². The minimum absolute atomic E-state index is 0.278. The Hall–Kier alpha value is -3.47. The number of hydrogen-bond donors (Lipinski definition) is 0. The van der Waals surface area contributed by atoms with Gasteiger partial charge in [-0.15, -0.1) is 21.5 Å². The number of benzene rings is 2. The number of aromatic nitrogens is 4. The number of halogens is 1. The Labute approximate surface area is 247 Å². The predicted octanol–water partition coefficient (Wildman–Crippen LogP) is 6.34. The van der Waals surface area contributed by atoms with E-state index in [1.165, 1.54) is 18.4 Å². The molecule has 1 aliphatic carbocycles. The van der Waals surface area contributed by atoms with E-state index in [0.717, 1.165) is 51.2 Å². The van der Waals surface area contributed by atoms with Crippen LogP contribution in [-0.4, -0.2) is 47.0 Å². The molecule has 1 unspecified atom stereocenters. The van der Waals surface area contributed by atoms with Crippen LogP contribution in [0.3, 0.4) is 0 Å². The minimum atomic E-state index is -0.515. The van der Waals surface area contributed by atoms with E-state index in [0.29, 0.717) is 35.3 Å². The summed E-state index contributed by atoms with van der Waals surface area (Å²) in [4.78, 5) is 17.5. The van der Waals surface area contributed by atoms with Gasteiger partial charge in [0.1, 0.15) is 18.0 Å². The molecule has 1 saturated carbocycles. The first-order valence-corrected chi connectivity index (χ1v) is 14.8. The fourth-order valence-corrected chi connectivity index (χ4v) is 6.51. The summed E-state index contributed by atoms with van der Waals surface area (Å²) in [7, 11) is 4.65. The van der Waals surface area contributed by atoms with E-state index in [4.69, 9.17) is 30.5 Å². The first kappa shape index (κ1) is 27.7. The van der Waals surface area contributed by atoms with Gasteiger partial charge >= 0.3 is 5.97 Å². The summed E-state index contributed by atoms with van der Waals surface area (Å²) in [6.45, 7) is 1.83. The molecule has 4 aromatic rings. The van der Waals surface area contributed by atoms with Gasteiger partial charge in [0.05, 0.1) is 37.9 Å². The molecule has 41 heavy (non-hydrogen) atoms. The van der Waals surface area contributed by atoms with E-state index in [-0.39, 0.29) is 11.9 Å². The summed E-state index contributed by atoms with van der Waals surface area (Å²) in [6, 6.07) is 11.6. The zero-order valence-electron chi connectivity index (χ0n) is 23.3. The van der Waals surface area contributed by atoms with Gasteiger partial charge in [0, 0.05) is 39.6 Å². The maximum absolute atomic E-state index is 12.1. The van der Waals surface area contributed by atoms with Crippen LogP contribution in [0.4, 0.5) is 0 Å². The van der Waals surface area contributed by atoms with Crippen molar-refractivity contribution in [3.63, 3.8) is 0 Å². The second kappa shape index (κ2) is 11.4. The highest BCUT2D eigenvalue weighted by Gasteiger charge is 2.39. The number of para-hydroxylation sites is 1. The van der Waals surface area contributed by atoms with Crippen molar-refractivity contribution in [2.24, 2.45) is 0 Å². The molecule has 2 aromatic heterocycles. The Morgan fingerprint density at radius 3 is 2.66 bits per heavy atom. The van der Waals surface area contributed by atoms with Crippen LogP contribution >= 0.6 is 22.9 Å². The lowest BCUT2D eigenvalue weighted by molar-refractivity contribution is -0.141. The number of methoxy groups -OCH3 is 3. The second-order valence-corrected chi connectivity index (χ2v) is 11.8. The highest BCUT2D eigenvalue weighted by Crippen LogP contribution is 2.48. The first-order valence-electron chi connectivity index (χ1n) is 13.6. The molecule has 9 nitrogen and oxygen atoms in total. The van der Waals surface area contributed by atoms with Crippen LogP contribution in [0, 0.1) is 0 Å². The van der Waals surface area contributed by atoms with Crippen molar-refractivity contribution in [3.8, 4) is 17.2 Å². The van der Waals surface area contributed by atoms with Crippen LogP contribution in [0.15, 0.2) is 42.6 Å². The molecular formula is C30H31ClN4O5S. The predicted molar refractivity (Wildman–Crippen MR) is 154 cm³/mol. The van der Waals surface area contributed by atoms with Crippen LogP contribution < -0.4 is 9.47 Å². The van der Waals surface area contributed by atoms with Gasteiger partial charge in [-0.05, 0) is 50.5 Å². The second-order valence-electron chi connectivity index (χ2n) is 10.3.